The zero-order valence-electron chi connectivity index (χ0n) is 12.9. The first-order valence-electron chi connectivity index (χ1n) is 7.60. The summed E-state index contributed by atoms with van der Waals surface area (Å²) in [6, 6.07) is 0.723. The van der Waals surface area contributed by atoms with E-state index in [9.17, 15) is 4.79 Å². The Balaban J connectivity index is 2.77. The van der Waals surface area contributed by atoms with Crippen LogP contribution in [0.5, 0.6) is 0 Å². The number of nitrogens with zero attached hydrogens (tertiary/aromatic N) is 1. The summed E-state index contributed by atoms with van der Waals surface area (Å²) in [5.41, 5.74) is 5.93. The van der Waals surface area contributed by atoms with Gasteiger partial charge in [-0.05, 0) is 38.8 Å². The molecule has 0 aliphatic heterocycles. The predicted octanol–water partition coefficient (Wildman–Crippen LogP) is 2.02. The number of ether oxygens (including phenoxy) is 1. The molecule has 1 aliphatic carbocycles. The van der Waals surface area contributed by atoms with Crippen molar-refractivity contribution in [1.29, 1.82) is 0 Å². The molecule has 2 N–H and O–H groups in total. The SMILES string of the molecule is CCN(C(C)C(C)C(=O)OC)C1CCCCC1CN. The lowest BCUT2D eigenvalue weighted by atomic mass is 9.82. The Morgan fingerprint density at radius 2 is 2.00 bits per heavy atom. The van der Waals surface area contributed by atoms with Gasteiger partial charge in [0.1, 0.15) is 0 Å². The lowest BCUT2D eigenvalue weighted by Crippen LogP contribution is -2.51. The van der Waals surface area contributed by atoms with E-state index in [0.717, 1.165) is 13.1 Å². The van der Waals surface area contributed by atoms with Crippen LogP contribution in [-0.2, 0) is 9.53 Å². The maximum absolute atomic E-state index is 11.7. The molecule has 1 saturated carbocycles. The molecular weight excluding hydrogens is 240 g/mol. The van der Waals surface area contributed by atoms with Gasteiger partial charge in [0.05, 0.1) is 13.0 Å². The molecule has 19 heavy (non-hydrogen) atoms. The lowest BCUT2D eigenvalue weighted by Gasteiger charge is -2.43. The van der Waals surface area contributed by atoms with Crippen LogP contribution in [0.15, 0.2) is 0 Å². The standard InChI is InChI=1S/C15H30N2O2/c1-5-17(12(3)11(2)15(18)19-4)14-9-7-6-8-13(14)10-16/h11-14H,5-10,16H2,1-4H3. The van der Waals surface area contributed by atoms with Gasteiger partial charge in [0.2, 0.25) is 0 Å². The van der Waals surface area contributed by atoms with Crippen molar-refractivity contribution in [3.63, 3.8) is 0 Å². The molecule has 0 spiro atoms. The Morgan fingerprint density at radius 1 is 1.37 bits per heavy atom. The molecule has 0 aromatic heterocycles. The molecule has 1 rings (SSSR count). The van der Waals surface area contributed by atoms with Crippen molar-refractivity contribution in [2.24, 2.45) is 17.6 Å². The predicted molar refractivity (Wildman–Crippen MR) is 77.8 cm³/mol. The van der Waals surface area contributed by atoms with Crippen molar-refractivity contribution in [2.75, 3.05) is 20.2 Å². The highest BCUT2D eigenvalue weighted by Crippen LogP contribution is 2.30. The fourth-order valence-electron chi connectivity index (χ4n) is 3.39. The van der Waals surface area contributed by atoms with Crippen LogP contribution in [0.25, 0.3) is 0 Å². The first-order chi connectivity index (χ1) is 9.06. The lowest BCUT2D eigenvalue weighted by molar-refractivity contribution is -0.147. The van der Waals surface area contributed by atoms with E-state index in [4.69, 9.17) is 10.5 Å². The number of carbonyl (C=O) groups is 1. The first kappa shape index (κ1) is 16.4. The number of methoxy groups -OCH3 is 1. The molecule has 0 saturated heterocycles. The zero-order chi connectivity index (χ0) is 14.4. The van der Waals surface area contributed by atoms with Gasteiger partial charge in [0.15, 0.2) is 0 Å². The summed E-state index contributed by atoms with van der Waals surface area (Å²) < 4.78 is 4.88. The average Bonchev–Trinajstić information content (AvgIpc) is 2.46. The van der Waals surface area contributed by atoms with Crippen molar-refractivity contribution >= 4 is 5.97 Å². The molecule has 112 valence electrons. The van der Waals surface area contributed by atoms with Gasteiger partial charge in [0, 0.05) is 12.1 Å². The van der Waals surface area contributed by atoms with E-state index in [-0.39, 0.29) is 17.9 Å². The summed E-state index contributed by atoms with van der Waals surface area (Å²) in [6.07, 6.45) is 4.98. The van der Waals surface area contributed by atoms with Crippen LogP contribution in [-0.4, -0.2) is 43.2 Å². The molecular formula is C15H30N2O2. The van der Waals surface area contributed by atoms with Crippen LogP contribution in [0.4, 0.5) is 0 Å². The minimum atomic E-state index is -0.119. The van der Waals surface area contributed by atoms with Crippen molar-refractivity contribution in [3.05, 3.63) is 0 Å². The molecule has 4 heteroatoms. The topological polar surface area (TPSA) is 55.6 Å². The third-order valence-corrected chi connectivity index (χ3v) is 4.78. The molecule has 4 atom stereocenters. The number of nitrogens with two attached hydrogens (primary N) is 1. The minimum absolute atomic E-state index is 0.0923. The van der Waals surface area contributed by atoms with Crippen LogP contribution in [0.2, 0.25) is 0 Å². The van der Waals surface area contributed by atoms with E-state index < -0.39 is 0 Å². The minimum Gasteiger partial charge on any atom is -0.469 e. The number of hydrogen-bond acceptors (Lipinski definition) is 4. The molecule has 4 nitrogen and oxygen atoms in total. The maximum Gasteiger partial charge on any atom is 0.309 e. The number of hydrogen-bond donors (Lipinski definition) is 1. The Kier molecular flexibility index (Phi) is 6.80. The molecule has 0 bridgehead atoms. The highest BCUT2D eigenvalue weighted by atomic mass is 16.5. The van der Waals surface area contributed by atoms with Gasteiger partial charge in [-0.15, -0.1) is 0 Å². The van der Waals surface area contributed by atoms with Crippen molar-refractivity contribution in [1.82, 2.24) is 4.90 Å². The first-order valence-corrected chi connectivity index (χ1v) is 7.60. The summed E-state index contributed by atoms with van der Waals surface area (Å²) in [5.74, 6) is 0.359. The van der Waals surface area contributed by atoms with E-state index in [1.54, 1.807) is 0 Å². The second-order valence-electron chi connectivity index (χ2n) is 5.73. The second-order valence-corrected chi connectivity index (χ2v) is 5.73. The molecule has 0 aromatic rings. The van der Waals surface area contributed by atoms with Gasteiger partial charge in [-0.2, -0.15) is 0 Å². The smallest absolute Gasteiger partial charge is 0.309 e. The van der Waals surface area contributed by atoms with Crippen molar-refractivity contribution in [2.45, 2.75) is 58.5 Å². The normalized spacial score (nSPS) is 27.1. The van der Waals surface area contributed by atoms with Crippen LogP contribution in [0, 0.1) is 11.8 Å². The van der Waals surface area contributed by atoms with Crippen LogP contribution >= 0.6 is 0 Å². The summed E-state index contributed by atoms with van der Waals surface area (Å²) in [6.45, 7) is 7.97. The Labute approximate surface area is 117 Å². The van der Waals surface area contributed by atoms with Crippen LogP contribution in [0.1, 0.15) is 46.5 Å². The second kappa shape index (κ2) is 7.85. The van der Waals surface area contributed by atoms with E-state index in [2.05, 4.69) is 18.7 Å². The fraction of sp³-hybridized carbons (Fsp3) is 0.933. The van der Waals surface area contributed by atoms with Gasteiger partial charge in [-0.25, -0.2) is 0 Å². The van der Waals surface area contributed by atoms with Gasteiger partial charge < -0.3 is 10.5 Å². The van der Waals surface area contributed by atoms with Crippen molar-refractivity contribution < 1.29 is 9.53 Å². The number of rotatable bonds is 6. The van der Waals surface area contributed by atoms with E-state index in [1.807, 2.05) is 6.92 Å². The zero-order valence-corrected chi connectivity index (χ0v) is 12.9. The van der Waals surface area contributed by atoms with E-state index >= 15 is 0 Å². The third kappa shape index (κ3) is 3.93. The molecule has 0 heterocycles. The molecule has 1 aliphatic rings. The number of carbonyl (C=O) groups excluding carboxylic acids is 1. The average molecular weight is 270 g/mol. The maximum atomic E-state index is 11.7. The van der Waals surface area contributed by atoms with Crippen LogP contribution < -0.4 is 5.73 Å². The molecule has 0 radical (unpaired) electrons. The number of esters is 1. The molecule has 4 unspecified atom stereocenters. The van der Waals surface area contributed by atoms with E-state index in [0.29, 0.717) is 12.0 Å². The van der Waals surface area contributed by atoms with Gasteiger partial charge in [-0.3, -0.25) is 9.69 Å². The molecule has 0 aromatic carbocycles. The molecule has 0 amide bonds. The quantitative estimate of drug-likeness (QED) is 0.750. The summed E-state index contributed by atoms with van der Waals surface area (Å²) in [5, 5.41) is 0. The fourth-order valence-corrected chi connectivity index (χ4v) is 3.39. The van der Waals surface area contributed by atoms with Crippen LogP contribution in [0.3, 0.4) is 0 Å². The third-order valence-electron chi connectivity index (χ3n) is 4.78. The summed E-state index contributed by atoms with van der Waals surface area (Å²) in [7, 11) is 1.46. The summed E-state index contributed by atoms with van der Waals surface area (Å²) in [4.78, 5) is 14.2. The Bertz CT molecular complexity index is 283. The van der Waals surface area contributed by atoms with Crippen molar-refractivity contribution in [3.8, 4) is 0 Å². The summed E-state index contributed by atoms with van der Waals surface area (Å²) >= 11 is 0. The highest BCUT2D eigenvalue weighted by molar-refractivity contribution is 5.72. The molecule has 1 fully saturated rings. The highest BCUT2D eigenvalue weighted by Gasteiger charge is 2.34. The Hall–Kier alpha value is -0.610. The Morgan fingerprint density at radius 3 is 2.53 bits per heavy atom. The van der Waals surface area contributed by atoms with E-state index in [1.165, 1.54) is 32.8 Å². The van der Waals surface area contributed by atoms with Gasteiger partial charge >= 0.3 is 5.97 Å². The largest absolute Gasteiger partial charge is 0.469 e. The monoisotopic (exact) mass is 270 g/mol. The van der Waals surface area contributed by atoms with Gasteiger partial charge in [0.25, 0.3) is 0 Å². The van der Waals surface area contributed by atoms with Gasteiger partial charge in [-0.1, -0.05) is 26.7 Å².